The molecule has 0 nitrogen and oxygen atoms in total. The van der Waals surface area contributed by atoms with Crippen molar-refractivity contribution in [3.05, 3.63) is 24.3 Å². The fraction of sp³-hybridized carbons (Fsp3) is 0.733. The van der Waals surface area contributed by atoms with E-state index in [-0.39, 0.29) is 6.42 Å². The fourth-order valence-corrected chi connectivity index (χ4v) is 1.91. The van der Waals surface area contributed by atoms with Gasteiger partial charge in [-0.3, -0.25) is 0 Å². The lowest BCUT2D eigenvalue weighted by Crippen LogP contribution is -2.11. The van der Waals surface area contributed by atoms with E-state index in [0.29, 0.717) is 6.42 Å². The molecule has 0 saturated carbocycles. The van der Waals surface area contributed by atoms with Crippen LogP contribution in [0.15, 0.2) is 24.3 Å². The molecule has 0 spiro atoms. The van der Waals surface area contributed by atoms with Crippen molar-refractivity contribution in [1.29, 1.82) is 0 Å². The third-order valence-electron chi connectivity index (χ3n) is 2.98. The van der Waals surface area contributed by atoms with Gasteiger partial charge in [-0.2, -0.15) is 13.2 Å². The van der Waals surface area contributed by atoms with Crippen LogP contribution in [0, 0.1) is 0 Å². The summed E-state index contributed by atoms with van der Waals surface area (Å²) in [7, 11) is 0. The van der Waals surface area contributed by atoms with Crippen molar-refractivity contribution < 1.29 is 13.2 Å². The molecule has 0 rings (SSSR count). The second-order valence-electron chi connectivity index (χ2n) is 4.65. The molecule has 0 aromatic rings. The number of hydrogen-bond acceptors (Lipinski definition) is 0. The van der Waals surface area contributed by atoms with Gasteiger partial charge in [-0.05, 0) is 12.8 Å². The van der Waals surface area contributed by atoms with Gasteiger partial charge < -0.3 is 0 Å². The van der Waals surface area contributed by atoms with Crippen LogP contribution in [0.25, 0.3) is 0 Å². The molecule has 0 radical (unpaired) electrons. The molecule has 0 fully saturated rings. The SMILES string of the molecule is C=C/C=C(\CCCCCCCCCC)C(F)(F)F. The van der Waals surface area contributed by atoms with Gasteiger partial charge in [-0.1, -0.05) is 70.6 Å². The molecule has 0 N–H and O–H groups in total. The van der Waals surface area contributed by atoms with Gasteiger partial charge in [0.25, 0.3) is 0 Å². The Balaban J connectivity index is 3.63. The lowest BCUT2D eigenvalue weighted by Gasteiger charge is -2.10. The van der Waals surface area contributed by atoms with Crippen molar-refractivity contribution in [2.45, 2.75) is 70.9 Å². The number of rotatable bonds is 10. The Morgan fingerprint density at radius 1 is 0.944 bits per heavy atom. The molecule has 0 heterocycles. The van der Waals surface area contributed by atoms with Crippen LogP contribution < -0.4 is 0 Å². The Labute approximate surface area is 109 Å². The van der Waals surface area contributed by atoms with Crippen molar-refractivity contribution in [2.24, 2.45) is 0 Å². The van der Waals surface area contributed by atoms with Crippen molar-refractivity contribution in [3.63, 3.8) is 0 Å². The highest BCUT2D eigenvalue weighted by molar-refractivity contribution is 5.15. The number of alkyl halides is 3. The molecule has 0 unspecified atom stereocenters. The van der Waals surface area contributed by atoms with Crippen LogP contribution in [0.5, 0.6) is 0 Å². The van der Waals surface area contributed by atoms with E-state index in [1.807, 2.05) is 0 Å². The highest BCUT2D eigenvalue weighted by Gasteiger charge is 2.32. The molecular weight excluding hydrogens is 237 g/mol. The average molecular weight is 262 g/mol. The monoisotopic (exact) mass is 262 g/mol. The molecular formula is C15H25F3. The zero-order chi connectivity index (χ0) is 13.9. The number of hydrogen-bond donors (Lipinski definition) is 0. The van der Waals surface area contributed by atoms with Gasteiger partial charge in [-0.15, -0.1) is 0 Å². The fourth-order valence-electron chi connectivity index (χ4n) is 1.91. The van der Waals surface area contributed by atoms with Crippen LogP contribution in [0.2, 0.25) is 0 Å². The van der Waals surface area contributed by atoms with Gasteiger partial charge in [0.15, 0.2) is 0 Å². The summed E-state index contributed by atoms with van der Waals surface area (Å²) >= 11 is 0. The van der Waals surface area contributed by atoms with Gasteiger partial charge in [0.1, 0.15) is 0 Å². The molecule has 0 saturated heterocycles. The van der Waals surface area contributed by atoms with E-state index in [0.717, 1.165) is 25.3 Å². The summed E-state index contributed by atoms with van der Waals surface area (Å²) in [4.78, 5) is 0. The van der Waals surface area contributed by atoms with E-state index in [4.69, 9.17) is 0 Å². The minimum absolute atomic E-state index is 0.116. The van der Waals surface area contributed by atoms with E-state index in [9.17, 15) is 13.2 Å². The molecule has 0 amide bonds. The Morgan fingerprint density at radius 3 is 1.89 bits per heavy atom. The first kappa shape index (κ1) is 17.3. The Kier molecular flexibility index (Phi) is 9.80. The summed E-state index contributed by atoms with van der Waals surface area (Å²) in [5.41, 5.74) is -0.455. The second kappa shape index (κ2) is 10.2. The summed E-state index contributed by atoms with van der Waals surface area (Å²) in [6.45, 7) is 5.50. The van der Waals surface area contributed by atoms with Crippen molar-refractivity contribution >= 4 is 0 Å². The number of unbranched alkanes of at least 4 members (excludes halogenated alkanes) is 7. The van der Waals surface area contributed by atoms with E-state index in [1.54, 1.807) is 0 Å². The van der Waals surface area contributed by atoms with Gasteiger partial charge in [0, 0.05) is 5.57 Å². The standard InChI is InChI=1S/C15H25F3/c1-3-5-6-7-8-9-10-11-13-14(12-4-2)15(16,17)18/h4,12H,2-3,5-11,13H2,1H3/b14-12+. The summed E-state index contributed by atoms with van der Waals surface area (Å²) in [5, 5.41) is 0. The molecule has 106 valence electrons. The molecule has 0 aliphatic carbocycles. The third-order valence-corrected chi connectivity index (χ3v) is 2.98. The molecule has 0 aliphatic rings. The molecule has 0 bridgehead atoms. The molecule has 0 aromatic heterocycles. The Morgan fingerprint density at radius 2 is 1.44 bits per heavy atom. The van der Waals surface area contributed by atoms with Gasteiger partial charge in [-0.25, -0.2) is 0 Å². The highest BCUT2D eigenvalue weighted by atomic mass is 19.4. The lowest BCUT2D eigenvalue weighted by molar-refractivity contribution is -0.0941. The maximum atomic E-state index is 12.5. The van der Waals surface area contributed by atoms with Crippen LogP contribution in [-0.4, -0.2) is 6.18 Å². The van der Waals surface area contributed by atoms with Crippen molar-refractivity contribution in [1.82, 2.24) is 0 Å². The normalized spacial score (nSPS) is 12.8. The molecule has 3 heteroatoms. The zero-order valence-corrected chi connectivity index (χ0v) is 11.4. The Bertz CT molecular complexity index is 239. The predicted octanol–water partition coefficient (Wildman–Crippen LogP) is 6.19. The zero-order valence-electron chi connectivity index (χ0n) is 11.4. The first-order chi connectivity index (χ1) is 8.52. The van der Waals surface area contributed by atoms with Gasteiger partial charge in [0.2, 0.25) is 0 Å². The van der Waals surface area contributed by atoms with Crippen LogP contribution in [0.1, 0.15) is 64.7 Å². The van der Waals surface area contributed by atoms with Crippen LogP contribution >= 0.6 is 0 Å². The van der Waals surface area contributed by atoms with Crippen LogP contribution in [0.3, 0.4) is 0 Å². The van der Waals surface area contributed by atoms with Crippen molar-refractivity contribution in [3.8, 4) is 0 Å². The summed E-state index contributed by atoms with van der Waals surface area (Å²) in [6.07, 6.45) is 6.86. The van der Waals surface area contributed by atoms with E-state index in [2.05, 4.69) is 13.5 Å². The van der Waals surface area contributed by atoms with Crippen LogP contribution in [0.4, 0.5) is 13.2 Å². The van der Waals surface area contributed by atoms with E-state index >= 15 is 0 Å². The highest BCUT2D eigenvalue weighted by Crippen LogP contribution is 2.29. The largest absolute Gasteiger partial charge is 0.412 e. The summed E-state index contributed by atoms with van der Waals surface area (Å²) < 4.78 is 37.5. The minimum Gasteiger partial charge on any atom is -0.166 e. The minimum atomic E-state index is -4.20. The first-order valence-electron chi connectivity index (χ1n) is 6.91. The average Bonchev–Trinajstić information content (AvgIpc) is 2.30. The van der Waals surface area contributed by atoms with Crippen LogP contribution in [-0.2, 0) is 0 Å². The first-order valence-corrected chi connectivity index (χ1v) is 6.91. The van der Waals surface area contributed by atoms with Gasteiger partial charge >= 0.3 is 6.18 Å². The quantitative estimate of drug-likeness (QED) is 0.325. The van der Waals surface area contributed by atoms with Gasteiger partial charge in [0.05, 0.1) is 0 Å². The molecule has 0 aromatic carbocycles. The number of allylic oxidation sites excluding steroid dienone is 3. The maximum absolute atomic E-state index is 12.5. The third kappa shape index (κ3) is 9.32. The second-order valence-corrected chi connectivity index (χ2v) is 4.65. The lowest BCUT2D eigenvalue weighted by atomic mass is 10.0. The molecule has 0 aliphatic heterocycles. The van der Waals surface area contributed by atoms with Crippen molar-refractivity contribution in [2.75, 3.05) is 0 Å². The molecule has 0 atom stereocenters. The summed E-state index contributed by atoms with van der Waals surface area (Å²) in [5.74, 6) is 0. The predicted molar refractivity (Wildman–Crippen MR) is 71.6 cm³/mol. The maximum Gasteiger partial charge on any atom is 0.412 e. The Hall–Kier alpha value is -0.730. The topological polar surface area (TPSA) is 0 Å². The number of halogens is 3. The smallest absolute Gasteiger partial charge is 0.166 e. The van der Waals surface area contributed by atoms with E-state index in [1.165, 1.54) is 31.8 Å². The summed E-state index contributed by atoms with van der Waals surface area (Å²) in [6, 6.07) is 0. The molecule has 18 heavy (non-hydrogen) atoms. The van der Waals surface area contributed by atoms with E-state index < -0.39 is 11.7 Å².